The summed E-state index contributed by atoms with van der Waals surface area (Å²) < 4.78 is 0. The van der Waals surface area contributed by atoms with E-state index < -0.39 is 0 Å². The second-order valence-electron chi connectivity index (χ2n) is 4.36. The van der Waals surface area contributed by atoms with Gasteiger partial charge in [-0.2, -0.15) is 0 Å². The molecule has 1 aromatic rings. The van der Waals surface area contributed by atoms with Crippen molar-refractivity contribution in [3.8, 4) is 0 Å². The zero-order chi connectivity index (χ0) is 13.5. The van der Waals surface area contributed by atoms with Crippen molar-refractivity contribution in [1.82, 2.24) is 0 Å². The molecule has 102 valence electrons. The summed E-state index contributed by atoms with van der Waals surface area (Å²) in [4.78, 5) is 2.22. The summed E-state index contributed by atoms with van der Waals surface area (Å²) in [6.45, 7) is 5.54. The lowest BCUT2D eigenvalue weighted by Gasteiger charge is -2.33. The molecule has 3 N–H and O–H groups in total. The summed E-state index contributed by atoms with van der Waals surface area (Å²) in [7, 11) is 0. The lowest BCUT2D eigenvalue weighted by Crippen LogP contribution is -2.37. The Kier molecular flexibility index (Phi) is 6.47. The molecular formula is C14H23ClN2O. The molecule has 0 unspecified atom stereocenters. The van der Waals surface area contributed by atoms with Gasteiger partial charge in [-0.05, 0) is 30.5 Å². The summed E-state index contributed by atoms with van der Waals surface area (Å²) >= 11 is 6.08. The van der Waals surface area contributed by atoms with Crippen molar-refractivity contribution in [2.24, 2.45) is 5.73 Å². The molecule has 4 heteroatoms. The van der Waals surface area contributed by atoms with Gasteiger partial charge in [0, 0.05) is 29.8 Å². The molecule has 1 aromatic carbocycles. The van der Waals surface area contributed by atoms with Crippen molar-refractivity contribution in [2.75, 3.05) is 18.1 Å². The summed E-state index contributed by atoms with van der Waals surface area (Å²) in [5.41, 5.74) is 7.90. The van der Waals surface area contributed by atoms with Gasteiger partial charge >= 0.3 is 0 Å². The second-order valence-corrected chi connectivity index (χ2v) is 4.80. The molecule has 0 bridgehead atoms. The van der Waals surface area contributed by atoms with Crippen LogP contribution in [0.15, 0.2) is 18.2 Å². The van der Waals surface area contributed by atoms with E-state index in [9.17, 15) is 5.11 Å². The van der Waals surface area contributed by atoms with Crippen molar-refractivity contribution < 1.29 is 5.11 Å². The molecule has 0 aliphatic rings. The summed E-state index contributed by atoms with van der Waals surface area (Å²) in [6.07, 6.45) is 2.07. The highest BCUT2D eigenvalue weighted by Crippen LogP contribution is 2.27. The number of nitrogens with two attached hydrogens (primary N) is 1. The van der Waals surface area contributed by atoms with Crippen LogP contribution in [0.25, 0.3) is 0 Å². The fraction of sp³-hybridized carbons (Fsp3) is 0.571. The number of halogens is 1. The number of benzene rings is 1. The number of nitrogens with zero attached hydrogens (tertiary/aromatic N) is 1. The van der Waals surface area contributed by atoms with Crippen LogP contribution >= 0.6 is 11.6 Å². The molecule has 0 aliphatic heterocycles. The monoisotopic (exact) mass is 270 g/mol. The maximum atomic E-state index is 9.26. The molecule has 1 rings (SSSR count). The van der Waals surface area contributed by atoms with Gasteiger partial charge < -0.3 is 15.7 Å². The normalized spacial score (nSPS) is 11.0. The molecule has 0 aliphatic carbocycles. The fourth-order valence-electron chi connectivity index (χ4n) is 2.31. The van der Waals surface area contributed by atoms with Gasteiger partial charge in [-0.25, -0.2) is 0 Å². The van der Waals surface area contributed by atoms with E-state index in [2.05, 4.69) is 18.7 Å². The van der Waals surface area contributed by atoms with Crippen LogP contribution in [0.5, 0.6) is 0 Å². The lowest BCUT2D eigenvalue weighted by molar-refractivity contribution is 0.296. The number of aliphatic hydroxyl groups is 1. The molecule has 0 saturated heterocycles. The third kappa shape index (κ3) is 3.61. The Balaban J connectivity index is 3.14. The first kappa shape index (κ1) is 15.3. The van der Waals surface area contributed by atoms with Crippen molar-refractivity contribution in [3.63, 3.8) is 0 Å². The Hall–Kier alpha value is -0.770. The van der Waals surface area contributed by atoms with E-state index in [1.165, 1.54) is 0 Å². The van der Waals surface area contributed by atoms with Crippen LogP contribution in [0, 0.1) is 0 Å². The smallest absolute Gasteiger partial charge is 0.0606 e. The van der Waals surface area contributed by atoms with E-state index in [1.54, 1.807) is 0 Å². The second kappa shape index (κ2) is 7.62. The van der Waals surface area contributed by atoms with Crippen molar-refractivity contribution in [2.45, 2.75) is 39.3 Å². The summed E-state index contributed by atoms with van der Waals surface area (Å²) in [6, 6.07) is 6.17. The lowest BCUT2D eigenvalue weighted by atomic mass is 10.1. The van der Waals surface area contributed by atoms with Gasteiger partial charge in [-0.1, -0.05) is 31.5 Å². The third-order valence-corrected chi connectivity index (χ3v) is 3.54. The molecule has 0 fully saturated rings. The zero-order valence-corrected chi connectivity index (χ0v) is 12.0. The van der Waals surface area contributed by atoms with E-state index in [1.807, 2.05) is 18.2 Å². The average Bonchev–Trinajstić information content (AvgIpc) is 2.39. The predicted molar refractivity (Wildman–Crippen MR) is 78.1 cm³/mol. The van der Waals surface area contributed by atoms with Gasteiger partial charge in [-0.15, -0.1) is 0 Å². The average molecular weight is 271 g/mol. The fourth-order valence-corrected chi connectivity index (χ4v) is 2.48. The van der Waals surface area contributed by atoms with Gasteiger partial charge in [0.1, 0.15) is 0 Å². The number of hydrogen-bond acceptors (Lipinski definition) is 3. The molecule has 0 saturated carbocycles. The van der Waals surface area contributed by atoms with E-state index in [0.29, 0.717) is 24.2 Å². The van der Waals surface area contributed by atoms with E-state index in [0.717, 1.165) is 24.1 Å². The minimum atomic E-state index is 0.132. The number of rotatable bonds is 7. The first-order chi connectivity index (χ1) is 8.67. The maximum Gasteiger partial charge on any atom is 0.0606 e. The van der Waals surface area contributed by atoms with Crippen molar-refractivity contribution >= 4 is 17.3 Å². The SMILES string of the molecule is CCC(CC)N(CCO)c1cc(Cl)ccc1CN. The molecule has 0 aromatic heterocycles. The van der Waals surface area contributed by atoms with Gasteiger partial charge in [0.05, 0.1) is 6.61 Å². The third-order valence-electron chi connectivity index (χ3n) is 3.30. The van der Waals surface area contributed by atoms with Crippen LogP contribution in [0.3, 0.4) is 0 Å². The zero-order valence-electron chi connectivity index (χ0n) is 11.2. The molecule has 0 spiro atoms. The minimum absolute atomic E-state index is 0.132. The van der Waals surface area contributed by atoms with Crippen LogP contribution in [0.2, 0.25) is 5.02 Å². The first-order valence-electron chi connectivity index (χ1n) is 6.53. The Labute approximate surface area is 115 Å². The van der Waals surface area contributed by atoms with Gasteiger partial charge in [0.2, 0.25) is 0 Å². The van der Waals surface area contributed by atoms with Gasteiger partial charge in [0.25, 0.3) is 0 Å². The molecule has 0 atom stereocenters. The van der Waals surface area contributed by atoms with Gasteiger partial charge in [-0.3, -0.25) is 0 Å². The molecule has 0 radical (unpaired) electrons. The molecular weight excluding hydrogens is 248 g/mol. The van der Waals surface area contributed by atoms with E-state index >= 15 is 0 Å². The molecule has 0 amide bonds. The summed E-state index contributed by atoms with van der Waals surface area (Å²) in [5, 5.41) is 9.97. The van der Waals surface area contributed by atoms with Crippen LogP contribution in [0.1, 0.15) is 32.3 Å². The number of anilines is 1. The van der Waals surface area contributed by atoms with Gasteiger partial charge in [0.15, 0.2) is 0 Å². The Bertz CT molecular complexity index is 367. The highest BCUT2D eigenvalue weighted by molar-refractivity contribution is 6.30. The molecule has 18 heavy (non-hydrogen) atoms. The number of aliphatic hydroxyl groups excluding tert-OH is 1. The van der Waals surface area contributed by atoms with Crippen molar-refractivity contribution in [3.05, 3.63) is 28.8 Å². The van der Waals surface area contributed by atoms with Crippen LogP contribution in [-0.2, 0) is 6.54 Å². The largest absolute Gasteiger partial charge is 0.395 e. The van der Waals surface area contributed by atoms with E-state index in [4.69, 9.17) is 17.3 Å². The standard InChI is InChI=1S/C14H23ClN2O/c1-3-13(4-2)17(7-8-18)14-9-12(15)6-5-11(14)10-16/h5-6,9,13,18H,3-4,7-8,10,16H2,1-2H3. The quantitative estimate of drug-likeness (QED) is 0.801. The molecule has 3 nitrogen and oxygen atoms in total. The van der Waals surface area contributed by atoms with Crippen molar-refractivity contribution in [1.29, 1.82) is 0 Å². The predicted octanol–water partition coefficient (Wildman–Crippen LogP) is 2.79. The Morgan fingerprint density at radius 3 is 2.50 bits per heavy atom. The van der Waals surface area contributed by atoms with Crippen LogP contribution in [0.4, 0.5) is 5.69 Å². The van der Waals surface area contributed by atoms with E-state index in [-0.39, 0.29) is 6.61 Å². The maximum absolute atomic E-state index is 9.26. The molecule has 0 heterocycles. The van der Waals surface area contributed by atoms with Crippen LogP contribution < -0.4 is 10.6 Å². The first-order valence-corrected chi connectivity index (χ1v) is 6.91. The topological polar surface area (TPSA) is 49.5 Å². The van der Waals surface area contributed by atoms with Crippen LogP contribution in [-0.4, -0.2) is 24.3 Å². The minimum Gasteiger partial charge on any atom is -0.395 e. The summed E-state index contributed by atoms with van der Waals surface area (Å²) in [5.74, 6) is 0. The highest BCUT2D eigenvalue weighted by atomic mass is 35.5. The Morgan fingerprint density at radius 2 is 2.00 bits per heavy atom. The number of hydrogen-bond donors (Lipinski definition) is 2. The highest BCUT2D eigenvalue weighted by Gasteiger charge is 2.18. The Morgan fingerprint density at radius 1 is 1.33 bits per heavy atom.